The van der Waals surface area contributed by atoms with Crippen molar-refractivity contribution in [1.82, 2.24) is 0 Å². The summed E-state index contributed by atoms with van der Waals surface area (Å²) in [5.41, 5.74) is 4.08. The first kappa shape index (κ1) is 39.2. The van der Waals surface area contributed by atoms with E-state index < -0.39 is 30.2 Å². The average molecular weight is 729 g/mol. The van der Waals surface area contributed by atoms with Gasteiger partial charge in [0.05, 0.1) is 85.9 Å². The van der Waals surface area contributed by atoms with E-state index >= 15 is 0 Å². The zero-order chi connectivity index (χ0) is 36.2. The summed E-state index contributed by atoms with van der Waals surface area (Å²) in [6.07, 6.45) is -2.70. The minimum absolute atomic E-state index is 0.0398. The van der Waals surface area contributed by atoms with Gasteiger partial charge in [-0.3, -0.25) is 0 Å². The maximum atomic E-state index is 7.10. The highest BCUT2D eigenvalue weighted by Crippen LogP contribution is 2.38. The summed E-state index contributed by atoms with van der Waals surface area (Å²) in [6.45, 7) is 4.61. The van der Waals surface area contributed by atoms with Crippen molar-refractivity contribution < 1.29 is 47.4 Å². The van der Waals surface area contributed by atoms with Gasteiger partial charge in [-0.2, -0.15) is 0 Å². The summed E-state index contributed by atoms with van der Waals surface area (Å²) in [4.78, 5) is 0. The van der Waals surface area contributed by atoms with Gasteiger partial charge in [-0.05, 0) is 22.3 Å². The van der Waals surface area contributed by atoms with E-state index in [1.54, 1.807) is 0 Å². The molecule has 10 heteroatoms. The van der Waals surface area contributed by atoms with Gasteiger partial charge >= 0.3 is 0 Å². The van der Waals surface area contributed by atoms with Crippen molar-refractivity contribution in [2.45, 2.75) is 56.6 Å². The molecule has 0 aromatic heterocycles. The summed E-state index contributed by atoms with van der Waals surface area (Å²) >= 11 is 0. The quantitative estimate of drug-likeness (QED) is 0.160. The summed E-state index contributed by atoms with van der Waals surface area (Å²) in [7, 11) is 0. The van der Waals surface area contributed by atoms with Crippen LogP contribution in [0.1, 0.15) is 22.3 Å². The Hall–Kier alpha value is -3.52. The van der Waals surface area contributed by atoms with Crippen LogP contribution in [0.4, 0.5) is 0 Å². The van der Waals surface area contributed by atoms with Gasteiger partial charge in [-0.1, -0.05) is 121 Å². The number of benzene rings is 4. The van der Waals surface area contributed by atoms with Crippen LogP contribution in [-0.4, -0.2) is 96.3 Å². The minimum atomic E-state index is -1.43. The summed E-state index contributed by atoms with van der Waals surface area (Å²) in [5, 5.41) is 0. The molecule has 0 bridgehead atoms. The molecule has 0 aliphatic carbocycles. The third-order valence-corrected chi connectivity index (χ3v) is 9.00. The lowest BCUT2D eigenvalue weighted by molar-refractivity contribution is -0.393. The second-order valence-corrected chi connectivity index (χ2v) is 12.9. The zero-order valence-corrected chi connectivity index (χ0v) is 30.3. The van der Waals surface area contributed by atoms with Crippen LogP contribution in [-0.2, 0) is 73.8 Å². The smallest absolute Gasteiger partial charge is 0.222 e. The van der Waals surface area contributed by atoms with Gasteiger partial charge < -0.3 is 47.4 Å². The maximum Gasteiger partial charge on any atom is 0.222 e. The van der Waals surface area contributed by atoms with Gasteiger partial charge in [0, 0.05) is 0 Å². The van der Waals surface area contributed by atoms with Crippen LogP contribution < -0.4 is 0 Å². The maximum absolute atomic E-state index is 7.10. The Morgan fingerprint density at radius 3 is 1.38 bits per heavy atom. The standard InChI is InChI=1S/C43H52O10/c1-5-13-35(14-6-1)29-48-33-39-40(49-30-36-15-7-2-8-16-36)41(50-31-37-17-9-3-10-18-37)42(51-32-38-19-11-4-12-20-38)43(53-39)34-47-26-25-45-22-21-44-23-24-46-27-28-52-43/h1-20,39-42H,21-34H2/t39-,40-,41+,42-,43+/m1/s1. The Labute approximate surface area is 313 Å². The molecule has 2 heterocycles. The fourth-order valence-electron chi connectivity index (χ4n) is 6.34. The third-order valence-electron chi connectivity index (χ3n) is 9.00. The Bertz CT molecular complexity index is 1510. The first-order valence-electron chi connectivity index (χ1n) is 18.5. The molecule has 2 aliphatic rings. The largest absolute Gasteiger partial charge is 0.377 e. The van der Waals surface area contributed by atoms with E-state index in [4.69, 9.17) is 47.4 Å². The van der Waals surface area contributed by atoms with Crippen molar-refractivity contribution in [3.8, 4) is 0 Å². The molecule has 0 saturated carbocycles. The number of hydrogen-bond acceptors (Lipinski definition) is 10. The van der Waals surface area contributed by atoms with Crippen molar-refractivity contribution >= 4 is 0 Å². The normalized spacial score (nSPS) is 25.0. The molecule has 0 amide bonds. The first-order chi connectivity index (χ1) is 26.3. The number of ether oxygens (including phenoxy) is 10. The predicted octanol–water partition coefficient (Wildman–Crippen LogP) is 6.15. The number of rotatable bonds is 13. The molecule has 2 fully saturated rings. The lowest BCUT2D eigenvalue weighted by atomic mass is 9.91. The molecule has 4 aromatic carbocycles. The molecular formula is C43H52O10. The molecular weight excluding hydrogens is 676 g/mol. The monoisotopic (exact) mass is 728 g/mol. The van der Waals surface area contributed by atoms with Crippen molar-refractivity contribution in [2.24, 2.45) is 0 Å². The molecule has 284 valence electrons. The summed E-state index contributed by atoms with van der Waals surface area (Å²) in [6, 6.07) is 40.2. The van der Waals surface area contributed by atoms with Gasteiger partial charge in [0.1, 0.15) is 31.0 Å². The van der Waals surface area contributed by atoms with Crippen LogP contribution in [0.3, 0.4) is 0 Å². The van der Waals surface area contributed by atoms with E-state index in [0.29, 0.717) is 66.1 Å². The van der Waals surface area contributed by atoms with E-state index in [-0.39, 0.29) is 26.4 Å². The Morgan fingerprint density at radius 1 is 0.453 bits per heavy atom. The van der Waals surface area contributed by atoms with Gasteiger partial charge in [0.2, 0.25) is 5.79 Å². The van der Waals surface area contributed by atoms with Gasteiger partial charge in [-0.15, -0.1) is 0 Å². The van der Waals surface area contributed by atoms with Crippen LogP contribution in [0, 0.1) is 0 Å². The molecule has 10 nitrogen and oxygen atoms in total. The molecule has 0 radical (unpaired) electrons. The molecule has 53 heavy (non-hydrogen) atoms. The second kappa shape index (κ2) is 22.0. The topological polar surface area (TPSA) is 92.3 Å². The van der Waals surface area contributed by atoms with Crippen molar-refractivity contribution in [3.63, 3.8) is 0 Å². The fourth-order valence-corrected chi connectivity index (χ4v) is 6.34. The minimum Gasteiger partial charge on any atom is -0.377 e. The van der Waals surface area contributed by atoms with E-state index in [2.05, 4.69) is 0 Å². The molecule has 0 unspecified atom stereocenters. The van der Waals surface area contributed by atoms with Gasteiger partial charge in [-0.25, -0.2) is 0 Å². The van der Waals surface area contributed by atoms with Crippen molar-refractivity contribution in [3.05, 3.63) is 144 Å². The summed E-state index contributed by atoms with van der Waals surface area (Å²) < 4.78 is 64.4. The van der Waals surface area contributed by atoms with Crippen LogP contribution in [0.15, 0.2) is 121 Å². The van der Waals surface area contributed by atoms with Gasteiger partial charge in [0.25, 0.3) is 0 Å². The lowest BCUT2D eigenvalue weighted by Crippen LogP contribution is -2.69. The van der Waals surface area contributed by atoms with E-state index in [9.17, 15) is 0 Å². The highest BCUT2D eigenvalue weighted by molar-refractivity contribution is 5.17. The molecule has 1 spiro atoms. The zero-order valence-electron chi connectivity index (χ0n) is 30.3. The highest BCUT2D eigenvalue weighted by Gasteiger charge is 2.58. The first-order valence-corrected chi connectivity index (χ1v) is 18.5. The lowest BCUT2D eigenvalue weighted by Gasteiger charge is -2.52. The SMILES string of the molecule is c1ccc(COC[C@H]2O[C@@]3(COCCOCCOCCOCCO3)[C@H](OCc3ccccc3)[C@@H](OCc3ccccc3)[C@@H]2OCc2ccccc2)cc1. The van der Waals surface area contributed by atoms with Crippen molar-refractivity contribution in [2.75, 3.05) is 66.1 Å². The van der Waals surface area contributed by atoms with Crippen molar-refractivity contribution in [1.29, 1.82) is 0 Å². The highest BCUT2D eigenvalue weighted by atomic mass is 16.8. The molecule has 2 aliphatic heterocycles. The predicted molar refractivity (Wildman–Crippen MR) is 198 cm³/mol. The third kappa shape index (κ3) is 12.5. The Kier molecular flexibility index (Phi) is 16.3. The second-order valence-electron chi connectivity index (χ2n) is 12.9. The molecule has 5 atom stereocenters. The fraction of sp³-hybridized carbons (Fsp3) is 0.442. The molecule has 6 rings (SSSR count). The molecule has 4 aromatic rings. The Balaban J connectivity index is 1.35. The molecule has 0 N–H and O–H groups in total. The van der Waals surface area contributed by atoms with Crippen LogP contribution >= 0.6 is 0 Å². The van der Waals surface area contributed by atoms with Gasteiger partial charge in [0.15, 0.2) is 0 Å². The van der Waals surface area contributed by atoms with E-state index in [1.807, 2.05) is 121 Å². The number of hydrogen-bond donors (Lipinski definition) is 0. The van der Waals surface area contributed by atoms with E-state index in [1.165, 1.54) is 0 Å². The van der Waals surface area contributed by atoms with Crippen LogP contribution in [0.25, 0.3) is 0 Å². The molecule has 2 saturated heterocycles. The van der Waals surface area contributed by atoms with E-state index in [0.717, 1.165) is 22.3 Å². The Morgan fingerprint density at radius 2 is 0.868 bits per heavy atom. The van der Waals surface area contributed by atoms with Crippen LogP contribution in [0.2, 0.25) is 0 Å². The summed E-state index contributed by atoms with van der Waals surface area (Å²) in [5.74, 6) is -1.43. The van der Waals surface area contributed by atoms with Crippen LogP contribution in [0.5, 0.6) is 0 Å². The average Bonchev–Trinajstić information content (AvgIpc) is 3.21.